The molecule has 0 aliphatic rings. The largest absolute Gasteiger partial charge is 0.507 e. The Balaban J connectivity index is 1.76. The van der Waals surface area contributed by atoms with Gasteiger partial charge in [-0.2, -0.15) is 0 Å². The highest BCUT2D eigenvalue weighted by atomic mass is 32.2. The maximum absolute atomic E-state index is 12.5. The van der Waals surface area contributed by atoms with Gasteiger partial charge >= 0.3 is 0 Å². The molecule has 0 bridgehead atoms. The molecule has 170 valence electrons. The van der Waals surface area contributed by atoms with Gasteiger partial charge in [-0.05, 0) is 26.0 Å². The lowest BCUT2D eigenvalue weighted by molar-refractivity contribution is 0.0928. The molecule has 0 fully saturated rings. The zero-order valence-corrected chi connectivity index (χ0v) is 18.9. The number of carbonyl (C=O) groups excluding carboxylic acids is 1. The predicted molar refractivity (Wildman–Crippen MR) is 120 cm³/mol. The van der Waals surface area contributed by atoms with Gasteiger partial charge in [0.15, 0.2) is 15.6 Å². The Morgan fingerprint density at radius 1 is 1.19 bits per heavy atom. The molecule has 2 unspecified atom stereocenters. The number of rotatable bonds is 8. The van der Waals surface area contributed by atoms with E-state index in [0.717, 1.165) is 17.4 Å². The number of hydrogen-bond donors (Lipinski definition) is 3. The average molecular weight is 459 g/mol. The van der Waals surface area contributed by atoms with Crippen molar-refractivity contribution in [3.05, 3.63) is 71.5 Å². The number of carbonyl (C=O) groups is 1. The number of aromatic hydroxyl groups is 1. The average Bonchev–Trinajstić information content (AvgIpc) is 3.22. The van der Waals surface area contributed by atoms with Gasteiger partial charge < -0.3 is 20.1 Å². The van der Waals surface area contributed by atoms with Gasteiger partial charge in [0.1, 0.15) is 17.5 Å². The summed E-state index contributed by atoms with van der Waals surface area (Å²) in [5, 5.41) is 27.1. The summed E-state index contributed by atoms with van der Waals surface area (Å²) in [6.07, 6.45) is -0.442. The molecular weight excluding hydrogens is 432 g/mol. The van der Waals surface area contributed by atoms with Crippen molar-refractivity contribution in [3.8, 4) is 17.0 Å². The Kier molecular flexibility index (Phi) is 6.71. The highest BCUT2D eigenvalue weighted by Gasteiger charge is 2.39. The van der Waals surface area contributed by atoms with Crippen LogP contribution >= 0.6 is 0 Å². The molecule has 3 rings (SSSR count). The van der Waals surface area contributed by atoms with Crippen molar-refractivity contribution in [2.24, 2.45) is 0 Å². The number of para-hydroxylation sites is 1. The van der Waals surface area contributed by atoms with Gasteiger partial charge in [0.05, 0.1) is 10.3 Å². The van der Waals surface area contributed by atoms with E-state index in [1.807, 2.05) is 31.2 Å². The normalized spacial score (nSPS) is 14.5. The van der Waals surface area contributed by atoms with Crippen LogP contribution in [0.2, 0.25) is 0 Å². The number of nitrogens with zero attached hydrogens (tertiary/aromatic N) is 1. The van der Waals surface area contributed by atoms with Crippen molar-refractivity contribution < 1.29 is 27.9 Å². The molecule has 3 N–H and O–H groups in total. The van der Waals surface area contributed by atoms with Gasteiger partial charge in [-0.1, -0.05) is 47.1 Å². The molecule has 1 heterocycles. The summed E-state index contributed by atoms with van der Waals surface area (Å²) in [5.74, 6) is -0.701. The maximum Gasteiger partial charge on any atom is 0.255 e. The number of nitrogens with one attached hydrogen (secondary N) is 1. The predicted octanol–water partition coefficient (Wildman–Crippen LogP) is 3.01. The Morgan fingerprint density at radius 2 is 1.84 bits per heavy atom. The van der Waals surface area contributed by atoms with E-state index in [0.29, 0.717) is 5.69 Å². The summed E-state index contributed by atoms with van der Waals surface area (Å²) in [7, 11) is -3.70. The fourth-order valence-electron chi connectivity index (χ4n) is 3.20. The van der Waals surface area contributed by atoms with Crippen molar-refractivity contribution in [2.75, 3.05) is 12.8 Å². The number of sulfone groups is 1. The lowest BCUT2D eigenvalue weighted by Crippen LogP contribution is -2.47. The van der Waals surface area contributed by atoms with Gasteiger partial charge in [-0.3, -0.25) is 4.79 Å². The van der Waals surface area contributed by atoms with Gasteiger partial charge in [0.2, 0.25) is 0 Å². The first kappa shape index (κ1) is 23.5. The van der Waals surface area contributed by atoms with Crippen LogP contribution in [0.3, 0.4) is 0 Å². The summed E-state index contributed by atoms with van der Waals surface area (Å²) < 4.78 is 28.8. The first-order valence-electron chi connectivity index (χ1n) is 9.98. The standard InChI is InChI=1S/C23H26N2O6S/c1-15-8-10-16(11-9-15)18-12-21(31-25-18)20(27)13-23(2,32(3,29)30)14-24-22(28)17-6-4-5-7-19(17)26/h4-12,20,26-27H,13-14H2,1-3H3,(H,24,28). The summed E-state index contributed by atoms with van der Waals surface area (Å²) >= 11 is 0. The van der Waals surface area contributed by atoms with Crippen LogP contribution in [0.1, 0.15) is 41.1 Å². The smallest absolute Gasteiger partial charge is 0.255 e. The molecule has 0 spiro atoms. The Bertz CT molecular complexity index is 1200. The number of benzene rings is 2. The lowest BCUT2D eigenvalue weighted by atomic mass is 10.00. The van der Waals surface area contributed by atoms with Crippen molar-refractivity contribution in [1.29, 1.82) is 0 Å². The fourth-order valence-corrected chi connectivity index (χ4v) is 3.99. The van der Waals surface area contributed by atoms with Crippen LogP contribution in [-0.4, -0.2) is 47.2 Å². The third-order valence-corrected chi connectivity index (χ3v) is 7.60. The van der Waals surface area contributed by atoms with Crippen LogP contribution in [0.5, 0.6) is 5.75 Å². The van der Waals surface area contributed by atoms with Crippen molar-refractivity contribution >= 4 is 15.7 Å². The number of aromatic nitrogens is 1. The highest BCUT2D eigenvalue weighted by Crippen LogP contribution is 2.31. The molecule has 2 aromatic carbocycles. The molecule has 0 saturated heterocycles. The fraction of sp³-hybridized carbons (Fsp3) is 0.304. The monoisotopic (exact) mass is 458 g/mol. The second-order valence-corrected chi connectivity index (χ2v) is 10.7. The number of aliphatic hydroxyl groups is 1. The summed E-state index contributed by atoms with van der Waals surface area (Å²) in [6.45, 7) is 3.13. The molecular formula is C23H26N2O6S. The van der Waals surface area contributed by atoms with Crippen LogP contribution < -0.4 is 5.32 Å². The summed E-state index contributed by atoms with van der Waals surface area (Å²) in [6, 6.07) is 15.1. The number of aliphatic hydroxyl groups excluding tert-OH is 1. The molecule has 3 aromatic rings. The number of phenolic OH excluding ortho intramolecular Hbond substituents is 1. The van der Waals surface area contributed by atoms with E-state index in [1.54, 1.807) is 18.2 Å². The SMILES string of the molecule is Cc1ccc(-c2cc(C(O)CC(C)(CNC(=O)c3ccccc3O)S(C)(=O)=O)on2)cc1. The summed E-state index contributed by atoms with van der Waals surface area (Å²) in [5.41, 5.74) is 2.45. The first-order valence-corrected chi connectivity index (χ1v) is 11.9. The zero-order chi connectivity index (χ0) is 23.5. The zero-order valence-electron chi connectivity index (χ0n) is 18.1. The number of hydrogen-bond acceptors (Lipinski definition) is 7. The van der Waals surface area contributed by atoms with Crippen molar-refractivity contribution in [2.45, 2.75) is 31.1 Å². The van der Waals surface area contributed by atoms with E-state index in [4.69, 9.17) is 4.52 Å². The molecule has 0 radical (unpaired) electrons. The number of amides is 1. The number of phenols is 1. The minimum absolute atomic E-state index is 0.0295. The van der Waals surface area contributed by atoms with Crippen molar-refractivity contribution in [1.82, 2.24) is 10.5 Å². The quantitative estimate of drug-likeness (QED) is 0.473. The van der Waals surface area contributed by atoms with Gasteiger partial charge in [0.25, 0.3) is 5.91 Å². The maximum atomic E-state index is 12.5. The second kappa shape index (κ2) is 9.13. The van der Waals surface area contributed by atoms with Crippen LogP contribution in [0.25, 0.3) is 11.3 Å². The van der Waals surface area contributed by atoms with E-state index in [-0.39, 0.29) is 30.0 Å². The Hall–Kier alpha value is -3.17. The van der Waals surface area contributed by atoms with E-state index in [1.165, 1.54) is 19.1 Å². The first-order chi connectivity index (χ1) is 15.0. The third kappa shape index (κ3) is 5.17. The van der Waals surface area contributed by atoms with Crippen LogP contribution in [0.15, 0.2) is 59.1 Å². The van der Waals surface area contributed by atoms with Crippen LogP contribution in [0, 0.1) is 6.92 Å². The molecule has 0 aliphatic carbocycles. The third-order valence-electron chi connectivity index (χ3n) is 5.50. The molecule has 0 saturated carbocycles. The molecule has 0 aliphatic heterocycles. The second-order valence-electron chi connectivity index (χ2n) is 8.12. The lowest BCUT2D eigenvalue weighted by Gasteiger charge is -2.29. The molecule has 8 nitrogen and oxygen atoms in total. The van der Waals surface area contributed by atoms with Gasteiger partial charge in [0, 0.05) is 30.9 Å². The topological polar surface area (TPSA) is 130 Å². The van der Waals surface area contributed by atoms with Crippen LogP contribution in [-0.2, 0) is 9.84 Å². The molecule has 9 heteroatoms. The molecule has 1 aromatic heterocycles. The van der Waals surface area contributed by atoms with Crippen LogP contribution in [0.4, 0.5) is 0 Å². The molecule has 2 atom stereocenters. The van der Waals surface area contributed by atoms with E-state index < -0.39 is 26.6 Å². The highest BCUT2D eigenvalue weighted by molar-refractivity contribution is 7.92. The number of aryl methyl sites for hydroxylation is 1. The Labute approximate surface area is 186 Å². The van der Waals surface area contributed by atoms with E-state index in [9.17, 15) is 23.4 Å². The Morgan fingerprint density at radius 3 is 2.47 bits per heavy atom. The minimum Gasteiger partial charge on any atom is -0.507 e. The molecule has 32 heavy (non-hydrogen) atoms. The minimum atomic E-state index is -3.70. The van der Waals surface area contributed by atoms with Crippen molar-refractivity contribution in [3.63, 3.8) is 0 Å². The van der Waals surface area contributed by atoms with Gasteiger partial charge in [-0.15, -0.1) is 0 Å². The van der Waals surface area contributed by atoms with E-state index >= 15 is 0 Å². The van der Waals surface area contributed by atoms with E-state index in [2.05, 4.69) is 10.5 Å². The molecule has 1 amide bonds. The summed E-state index contributed by atoms with van der Waals surface area (Å²) in [4.78, 5) is 12.4. The van der Waals surface area contributed by atoms with Gasteiger partial charge in [-0.25, -0.2) is 8.42 Å².